The molecule has 2 nitrogen and oxygen atoms in total. The van der Waals surface area contributed by atoms with Crippen molar-refractivity contribution in [3.63, 3.8) is 0 Å². The lowest BCUT2D eigenvalue weighted by atomic mass is 9.79. The molecule has 0 aliphatic heterocycles. The Morgan fingerprint density at radius 1 is 1.29 bits per heavy atom. The average Bonchev–Trinajstić information content (AvgIpc) is 2.39. The van der Waals surface area contributed by atoms with Crippen LogP contribution in [0.25, 0.3) is 0 Å². The van der Waals surface area contributed by atoms with Gasteiger partial charge in [-0.15, -0.1) is 0 Å². The standard InChI is InChI=1S/C10H15BO2S/c12-11(13)10-5-1-3-9(6-7-10)4-2-8-14/h3,5-7,12-14H,1-2,4,8H2. The summed E-state index contributed by atoms with van der Waals surface area (Å²) in [5.41, 5.74) is 1.81. The molecule has 0 aromatic rings. The van der Waals surface area contributed by atoms with E-state index >= 15 is 0 Å². The number of thiol groups is 1. The summed E-state index contributed by atoms with van der Waals surface area (Å²) in [6, 6.07) is 0. The van der Waals surface area contributed by atoms with Crippen molar-refractivity contribution in [2.45, 2.75) is 19.3 Å². The van der Waals surface area contributed by atoms with Crippen LogP contribution in [-0.4, -0.2) is 22.9 Å². The second-order valence-corrected chi connectivity index (χ2v) is 3.70. The quantitative estimate of drug-likeness (QED) is 0.486. The van der Waals surface area contributed by atoms with Crippen LogP contribution in [-0.2, 0) is 0 Å². The molecule has 76 valence electrons. The van der Waals surface area contributed by atoms with E-state index in [-0.39, 0.29) is 0 Å². The molecule has 0 radical (unpaired) electrons. The fraction of sp³-hybridized carbons (Fsp3) is 0.400. The Bertz CT molecular complexity index is 269. The van der Waals surface area contributed by atoms with Gasteiger partial charge in [-0.05, 0) is 30.5 Å². The van der Waals surface area contributed by atoms with Crippen LogP contribution in [0.5, 0.6) is 0 Å². The summed E-state index contributed by atoms with van der Waals surface area (Å²) in [7, 11) is -1.36. The van der Waals surface area contributed by atoms with Gasteiger partial charge in [0.05, 0.1) is 0 Å². The normalized spacial score (nSPS) is 15.9. The molecule has 0 fully saturated rings. The van der Waals surface area contributed by atoms with E-state index in [1.54, 1.807) is 6.08 Å². The third-order valence-electron chi connectivity index (χ3n) is 2.15. The smallest absolute Gasteiger partial charge is 0.423 e. The second-order valence-electron chi connectivity index (χ2n) is 3.25. The third-order valence-corrected chi connectivity index (χ3v) is 2.46. The highest BCUT2D eigenvalue weighted by atomic mass is 32.1. The lowest BCUT2D eigenvalue weighted by molar-refractivity contribution is 0.420. The van der Waals surface area contributed by atoms with Gasteiger partial charge in [0.2, 0.25) is 0 Å². The van der Waals surface area contributed by atoms with Crippen LogP contribution in [0.1, 0.15) is 19.3 Å². The molecule has 0 saturated heterocycles. The van der Waals surface area contributed by atoms with Gasteiger partial charge < -0.3 is 10.0 Å². The molecule has 1 rings (SSSR count). The maximum Gasteiger partial charge on any atom is 0.488 e. The van der Waals surface area contributed by atoms with Gasteiger partial charge in [0, 0.05) is 0 Å². The Morgan fingerprint density at radius 2 is 2.07 bits per heavy atom. The molecule has 0 heterocycles. The van der Waals surface area contributed by atoms with E-state index in [0.29, 0.717) is 5.47 Å². The Balaban J connectivity index is 2.54. The summed E-state index contributed by atoms with van der Waals surface area (Å²) >= 11 is 4.15. The SMILES string of the molecule is OB(O)C1=CCC=C(CCCS)C=C1. The van der Waals surface area contributed by atoms with E-state index in [9.17, 15) is 0 Å². The molecule has 0 saturated carbocycles. The Labute approximate surface area is 90.6 Å². The Hall–Kier alpha value is -0.445. The Kier molecular flexibility index (Phi) is 5.08. The van der Waals surface area contributed by atoms with Crippen molar-refractivity contribution in [1.82, 2.24) is 0 Å². The first-order valence-corrected chi connectivity index (χ1v) is 5.41. The molecule has 1 aliphatic rings. The van der Waals surface area contributed by atoms with Crippen LogP contribution in [0.15, 0.2) is 35.3 Å². The summed E-state index contributed by atoms with van der Waals surface area (Å²) in [6.45, 7) is 0. The molecule has 1 aliphatic carbocycles. The minimum Gasteiger partial charge on any atom is -0.423 e. The van der Waals surface area contributed by atoms with Crippen LogP contribution < -0.4 is 0 Å². The molecule has 14 heavy (non-hydrogen) atoms. The largest absolute Gasteiger partial charge is 0.488 e. The maximum atomic E-state index is 8.97. The average molecular weight is 210 g/mol. The minimum atomic E-state index is -1.36. The molecule has 0 amide bonds. The highest BCUT2D eigenvalue weighted by Crippen LogP contribution is 2.15. The fourth-order valence-electron chi connectivity index (χ4n) is 1.35. The number of allylic oxidation sites excluding steroid dienone is 6. The van der Waals surface area contributed by atoms with Crippen molar-refractivity contribution < 1.29 is 10.0 Å². The van der Waals surface area contributed by atoms with Crippen molar-refractivity contribution >= 4 is 19.7 Å². The van der Waals surface area contributed by atoms with Crippen molar-refractivity contribution in [3.8, 4) is 0 Å². The monoisotopic (exact) mass is 210 g/mol. The summed E-state index contributed by atoms with van der Waals surface area (Å²) in [4.78, 5) is 0. The van der Waals surface area contributed by atoms with E-state index in [1.807, 2.05) is 12.2 Å². The summed E-state index contributed by atoms with van der Waals surface area (Å²) in [5, 5.41) is 17.9. The lowest BCUT2D eigenvalue weighted by Gasteiger charge is -1.98. The zero-order valence-corrected chi connectivity index (χ0v) is 8.95. The summed E-state index contributed by atoms with van der Waals surface area (Å²) < 4.78 is 0. The van der Waals surface area contributed by atoms with E-state index in [1.165, 1.54) is 5.57 Å². The van der Waals surface area contributed by atoms with Crippen molar-refractivity contribution in [2.75, 3.05) is 5.75 Å². The van der Waals surface area contributed by atoms with Crippen LogP contribution in [0.4, 0.5) is 0 Å². The molecule has 0 aromatic carbocycles. The first-order chi connectivity index (χ1) is 6.74. The van der Waals surface area contributed by atoms with Crippen LogP contribution >= 0.6 is 12.6 Å². The van der Waals surface area contributed by atoms with Crippen molar-refractivity contribution in [1.29, 1.82) is 0 Å². The van der Waals surface area contributed by atoms with Crippen LogP contribution in [0.3, 0.4) is 0 Å². The predicted molar refractivity (Wildman–Crippen MR) is 63.2 cm³/mol. The Morgan fingerprint density at radius 3 is 2.71 bits per heavy atom. The van der Waals surface area contributed by atoms with Gasteiger partial charge in [-0.25, -0.2) is 0 Å². The highest BCUT2D eigenvalue weighted by molar-refractivity contribution is 7.80. The highest BCUT2D eigenvalue weighted by Gasteiger charge is 2.12. The van der Waals surface area contributed by atoms with Crippen LogP contribution in [0.2, 0.25) is 0 Å². The van der Waals surface area contributed by atoms with E-state index < -0.39 is 7.12 Å². The molecular formula is C10H15BO2S. The van der Waals surface area contributed by atoms with Gasteiger partial charge in [0.1, 0.15) is 0 Å². The van der Waals surface area contributed by atoms with Gasteiger partial charge in [0.25, 0.3) is 0 Å². The van der Waals surface area contributed by atoms with Gasteiger partial charge in [-0.3, -0.25) is 0 Å². The first kappa shape index (κ1) is 11.6. The van der Waals surface area contributed by atoms with Gasteiger partial charge in [-0.1, -0.05) is 29.9 Å². The molecule has 2 N–H and O–H groups in total. The second kappa shape index (κ2) is 6.12. The number of hydrogen-bond donors (Lipinski definition) is 3. The molecule has 0 unspecified atom stereocenters. The maximum absolute atomic E-state index is 8.97. The lowest BCUT2D eigenvalue weighted by Crippen LogP contribution is -2.13. The van der Waals surface area contributed by atoms with Crippen molar-refractivity contribution in [3.05, 3.63) is 35.3 Å². The summed E-state index contributed by atoms with van der Waals surface area (Å²) in [6.07, 6.45) is 10.5. The zero-order chi connectivity index (χ0) is 10.4. The van der Waals surface area contributed by atoms with Gasteiger partial charge in [0.15, 0.2) is 0 Å². The fourth-order valence-corrected chi connectivity index (χ4v) is 1.50. The van der Waals surface area contributed by atoms with Crippen LogP contribution in [0, 0.1) is 0 Å². The number of rotatable bonds is 4. The zero-order valence-electron chi connectivity index (χ0n) is 8.06. The third kappa shape index (κ3) is 3.74. The van der Waals surface area contributed by atoms with E-state index in [2.05, 4.69) is 18.7 Å². The molecule has 0 atom stereocenters. The molecular weight excluding hydrogens is 195 g/mol. The summed E-state index contributed by atoms with van der Waals surface area (Å²) in [5.74, 6) is 0.883. The van der Waals surface area contributed by atoms with E-state index in [4.69, 9.17) is 10.0 Å². The predicted octanol–water partition coefficient (Wildman–Crippen LogP) is 1.52. The van der Waals surface area contributed by atoms with E-state index in [0.717, 1.165) is 25.0 Å². The minimum absolute atomic E-state index is 0.571. The number of hydrogen-bond acceptors (Lipinski definition) is 3. The molecule has 0 spiro atoms. The van der Waals surface area contributed by atoms with Gasteiger partial charge >= 0.3 is 7.12 Å². The molecule has 0 bridgehead atoms. The first-order valence-electron chi connectivity index (χ1n) is 4.78. The van der Waals surface area contributed by atoms with Gasteiger partial charge in [-0.2, -0.15) is 12.6 Å². The molecule has 0 aromatic heterocycles. The topological polar surface area (TPSA) is 40.5 Å². The molecule has 4 heteroatoms. The van der Waals surface area contributed by atoms with Crippen molar-refractivity contribution in [2.24, 2.45) is 0 Å².